The van der Waals surface area contributed by atoms with E-state index in [-0.39, 0.29) is 12.1 Å². The van der Waals surface area contributed by atoms with Crippen LogP contribution in [0.1, 0.15) is 45.2 Å². The van der Waals surface area contributed by atoms with E-state index in [4.69, 9.17) is 14.2 Å². The molecule has 1 aromatic heterocycles. The van der Waals surface area contributed by atoms with Crippen molar-refractivity contribution < 1.29 is 19.0 Å². The van der Waals surface area contributed by atoms with Gasteiger partial charge in [0.15, 0.2) is 11.5 Å². The molecule has 0 saturated heterocycles. The number of methoxy groups -OCH3 is 2. The third-order valence-corrected chi connectivity index (χ3v) is 5.32. The molecule has 6 heteroatoms. The molecule has 1 amide bonds. The second-order valence-electron chi connectivity index (χ2n) is 8.05. The van der Waals surface area contributed by atoms with Gasteiger partial charge < -0.3 is 19.5 Å². The molecule has 0 unspecified atom stereocenters. The number of benzene rings is 2. The number of nitrogens with zero attached hydrogens (tertiary/aromatic N) is 1. The van der Waals surface area contributed by atoms with Crippen molar-refractivity contribution in [3.63, 3.8) is 0 Å². The maximum absolute atomic E-state index is 13.0. The van der Waals surface area contributed by atoms with Crippen LogP contribution < -0.4 is 19.5 Å². The standard InChI is InChI=1S/C25H32N2O4/c1-17(2)9-8-14-31-24-16-21-19(15-23(24)30-5)12-13-27(21)25(28)26-18(3)20-10-6-7-11-22(20)29-4/h6-7,10-13,15-18H,8-9,14H2,1-5H3,(H,26,28)/t18-/m0/s1. The summed E-state index contributed by atoms with van der Waals surface area (Å²) in [5.41, 5.74) is 1.69. The van der Waals surface area contributed by atoms with Gasteiger partial charge >= 0.3 is 6.03 Å². The lowest BCUT2D eigenvalue weighted by atomic mass is 10.1. The summed E-state index contributed by atoms with van der Waals surface area (Å²) in [6, 6.07) is 12.9. The number of hydrogen-bond acceptors (Lipinski definition) is 4. The number of rotatable bonds is 9. The Morgan fingerprint density at radius 2 is 1.74 bits per heavy atom. The zero-order valence-electron chi connectivity index (χ0n) is 19.0. The fraction of sp³-hybridized carbons (Fsp3) is 0.400. The van der Waals surface area contributed by atoms with E-state index in [1.165, 1.54) is 0 Å². The Hall–Kier alpha value is -3.15. The van der Waals surface area contributed by atoms with E-state index in [2.05, 4.69) is 19.2 Å². The second-order valence-corrected chi connectivity index (χ2v) is 8.05. The third kappa shape index (κ3) is 5.32. The van der Waals surface area contributed by atoms with Crippen LogP contribution in [0.4, 0.5) is 4.79 Å². The molecule has 1 atom stereocenters. The van der Waals surface area contributed by atoms with Crippen LogP contribution in [0.5, 0.6) is 17.2 Å². The molecule has 1 N–H and O–H groups in total. The molecule has 0 aliphatic rings. The van der Waals surface area contributed by atoms with Crippen molar-refractivity contribution in [2.75, 3.05) is 20.8 Å². The molecule has 0 aliphatic carbocycles. The molecule has 0 saturated carbocycles. The van der Waals surface area contributed by atoms with Crippen LogP contribution >= 0.6 is 0 Å². The normalized spacial score (nSPS) is 12.1. The van der Waals surface area contributed by atoms with Gasteiger partial charge in [-0.3, -0.25) is 4.57 Å². The Labute approximate surface area is 184 Å². The molecule has 0 aliphatic heterocycles. The minimum absolute atomic E-state index is 0.217. The van der Waals surface area contributed by atoms with Gasteiger partial charge in [-0.2, -0.15) is 0 Å². The van der Waals surface area contributed by atoms with Gasteiger partial charge in [-0.1, -0.05) is 32.0 Å². The van der Waals surface area contributed by atoms with Crippen molar-refractivity contribution >= 4 is 16.9 Å². The van der Waals surface area contributed by atoms with Gasteiger partial charge in [0, 0.05) is 23.2 Å². The zero-order chi connectivity index (χ0) is 22.4. The minimum Gasteiger partial charge on any atom is -0.496 e. The maximum Gasteiger partial charge on any atom is 0.326 e. The largest absolute Gasteiger partial charge is 0.496 e. The predicted molar refractivity (Wildman–Crippen MR) is 123 cm³/mol. The highest BCUT2D eigenvalue weighted by molar-refractivity contribution is 5.93. The number of nitrogens with one attached hydrogen (secondary N) is 1. The monoisotopic (exact) mass is 424 g/mol. The molecular formula is C25H32N2O4. The topological polar surface area (TPSA) is 61.7 Å². The summed E-state index contributed by atoms with van der Waals surface area (Å²) in [6.07, 6.45) is 3.83. The SMILES string of the molecule is COc1cc2ccn(C(=O)N[C@@H](C)c3ccccc3OC)c2cc1OCCCC(C)C. The Morgan fingerprint density at radius 3 is 2.45 bits per heavy atom. The molecule has 3 rings (SSSR count). The molecule has 6 nitrogen and oxygen atoms in total. The molecule has 3 aromatic rings. The van der Waals surface area contributed by atoms with Gasteiger partial charge in [0.05, 0.1) is 32.4 Å². The average molecular weight is 425 g/mol. The maximum atomic E-state index is 13.0. The highest BCUT2D eigenvalue weighted by Gasteiger charge is 2.17. The lowest BCUT2D eigenvalue weighted by Crippen LogP contribution is -2.30. The van der Waals surface area contributed by atoms with Crippen molar-refractivity contribution in [1.29, 1.82) is 0 Å². The molecule has 0 bridgehead atoms. The van der Waals surface area contributed by atoms with E-state index in [0.29, 0.717) is 24.0 Å². The molecule has 0 fully saturated rings. The minimum atomic E-state index is -0.218. The second kappa shape index (κ2) is 10.2. The van der Waals surface area contributed by atoms with Crippen LogP contribution in [0.2, 0.25) is 0 Å². The number of fused-ring (bicyclic) bond motifs is 1. The lowest BCUT2D eigenvalue weighted by Gasteiger charge is -2.18. The van der Waals surface area contributed by atoms with Crippen molar-refractivity contribution in [1.82, 2.24) is 9.88 Å². The molecule has 0 radical (unpaired) electrons. The summed E-state index contributed by atoms with van der Waals surface area (Å²) in [5.74, 6) is 2.69. The molecular weight excluding hydrogens is 392 g/mol. The van der Waals surface area contributed by atoms with Crippen molar-refractivity contribution in [2.45, 2.75) is 39.7 Å². The van der Waals surface area contributed by atoms with Crippen LogP contribution in [0.25, 0.3) is 10.9 Å². The summed E-state index contributed by atoms with van der Waals surface area (Å²) in [4.78, 5) is 13.0. The van der Waals surface area contributed by atoms with E-state index < -0.39 is 0 Å². The van der Waals surface area contributed by atoms with Gasteiger partial charge in [-0.05, 0) is 43.9 Å². The summed E-state index contributed by atoms with van der Waals surface area (Å²) in [7, 11) is 3.25. The van der Waals surface area contributed by atoms with E-state index in [1.807, 2.05) is 49.4 Å². The number of ether oxygens (including phenoxy) is 3. The van der Waals surface area contributed by atoms with E-state index >= 15 is 0 Å². The van der Waals surface area contributed by atoms with Crippen LogP contribution in [0.15, 0.2) is 48.7 Å². The van der Waals surface area contributed by atoms with Gasteiger partial charge in [0.2, 0.25) is 0 Å². The Kier molecular flexibility index (Phi) is 7.45. The van der Waals surface area contributed by atoms with Crippen molar-refractivity contribution in [3.05, 3.63) is 54.2 Å². The van der Waals surface area contributed by atoms with E-state index in [0.717, 1.165) is 35.1 Å². The highest BCUT2D eigenvalue weighted by atomic mass is 16.5. The number of carbonyl (C=O) groups is 1. The van der Waals surface area contributed by atoms with Gasteiger partial charge in [0.1, 0.15) is 5.75 Å². The number of aromatic nitrogens is 1. The van der Waals surface area contributed by atoms with Crippen LogP contribution in [-0.4, -0.2) is 31.4 Å². The van der Waals surface area contributed by atoms with Crippen LogP contribution in [0.3, 0.4) is 0 Å². The summed E-state index contributed by atoms with van der Waals surface area (Å²) < 4.78 is 18.5. The summed E-state index contributed by atoms with van der Waals surface area (Å²) in [5, 5.41) is 3.96. The van der Waals surface area contributed by atoms with Crippen LogP contribution in [0, 0.1) is 5.92 Å². The third-order valence-electron chi connectivity index (χ3n) is 5.32. The van der Waals surface area contributed by atoms with Gasteiger partial charge in [-0.15, -0.1) is 0 Å². The molecule has 1 heterocycles. The first-order valence-corrected chi connectivity index (χ1v) is 10.7. The predicted octanol–water partition coefficient (Wildman–Crippen LogP) is 5.79. The number of hydrogen-bond donors (Lipinski definition) is 1. The Balaban J connectivity index is 1.81. The number of carbonyl (C=O) groups excluding carboxylic acids is 1. The molecule has 0 spiro atoms. The lowest BCUT2D eigenvalue weighted by molar-refractivity contribution is 0.240. The molecule has 31 heavy (non-hydrogen) atoms. The molecule has 2 aromatic carbocycles. The fourth-order valence-corrected chi connectivity index (χ4v) is 3.62. The fourth-order valence-electron chi connectivity index (χ4n) is 3.62. The Morgan fingerprint density at radius 1 is 1.00 bits per heavy atom. The first-order chi connectivity index (χ1) is 14.9. The van der Waals surface area contributed by atoms with Crippen molar-refractivity contribution in [3.8, 4) is 17.2 Å². The average Bonchev–Trinajstić information content (AvgIpc) is 3.18. The number of amides is 1. The van der Waals surface area contributed by atoms with E-state index in [1.54, 1.807) is 25.0 Å². The Bertz CT molecular complexity index is 1030. The smallest absolute Gasteiger partial charge is 0.326 e. The van der Waals surface area contributed by atoms with Crippen molar-refractivity contribution in [2.24, 2.45) is 5.92 Å². The highest BCUT2D eigenvalue weighted by Crippen LogP contribution is 2.33. The quantitative estimate of drug-likeness (QED) is 0.442. The first-order valence-electron chi connectivity index (χ1n) is 10.7. The summed E-state index contributed by atoms with van der Waals surface area (Å²) >= 11 is 0. The first kappa shape index (κ1) is 22.5. The number of para-hydroxylation sites is 1. The molecule has 166 valence electrons. The summed E-state index contributed by atoms with van der Waals surface area (Å²) in [6.45, 7) is 6.94. The van der Waals surface area contributed by atoms with Gasteiger partial charge in [0.25, 0.3) is 0 Å². The van der Waals surface area contributed by atoms with Gasteiger partial charge in [-0.25, -0.2) is 4.79 Å². The van der Waals surface area contributed by atoms with E-state index in [9.17, 15) is 4.79 Å². The van der Waals surface area contributed by atoms with Crippen LogP contribution in [-0.2, 0) is 0 Å². The zero-order valence-corrected chi connectivity index (χ0v) is 19.0.